The molecule has 1 heterocycles. The van der Waals surface area contributed by atoms with E-state index < -0.39 is 0 Å². The maximum absolute atomic E-state index is 13.8. The molecule has 0 bridgehead atoms. The Hall–Kier alpha value is -2.56. The van der Waals surface area contributed by atoms with Crippen molar-refractivity contribution >= 4 is 16.7 Å². The van der Waals surface area contributed by atoms with Gasteiger partial charge in [-0.1, -0.05) is 6.07 Å². The Balaban J connectivity index is 2.25. The van der Waals surface area contributed by atoms with E-state index >= 15 is 0 Å². The van der Waals surface area contributed by atoms with E-state index in [9.17, 15) is 4.39 Å². The van der Waals surface area contributed by atoms with Gasteiger partial charge in [0.2, 0.25) is 0 Å². The maximum Gasteiger partial charge on any atom is 0.151 e. The number of rotatable bonds is 2. The molecule has 0 atom stereocenters. The molecule has 3 rings (SSSR count). The summed E-state index contributed by atoms with van der Waals surface area (Å²) >= 11 is 0. The third-order valence-electron chi connectivity index (χ3n) is 3.36. The lowest BCUT2D eigenvalue weighted by Gasteiger charge is -2.08. The van der Waals surface area contributed by atoms with Crippen LogP contribution in [0.3, 0.4) is 0 Å². The summed E-state index contributed by atoms with van der Waals surface area (Å²) in [5.41, 5.74) is 8.41. The van der Waals surface area contributed by atoms with Crippen LogP contribution in [0.5, 0.6) is 5.75 Å². The SMILES string of the molecule is COc1ccc(-c2nc3c(F)cccc3n2C)c(N)c1. The van der Waals surface area contributed by atoms with Crippen molar-refractivity contribution in [2.75, 3.05) is 12.8 Å². The number of hydrogen-bond acceptors (Lipinski definition) is 3. The van der Waals surface area contributed by atoms with Gasteiger partial charge in [-0.15, -0.1) is 0 Å². The van der Waals surface area contributed by atoms with Crippen LogP contribution in [0, 0.1) is 5.82 Å². The molecule has 2 N–H and O–H groups in total. The Morgan fingerprint density at radius 3 is 2.70 bits per heavy atom. The first-order chi connectivity index (χ1) is 9.61. The van der Waals surface area contributed by atoms with Crippen molar-refractivity contribution in [1.29, 1.82) is 0 Å². The van der Waals surface area contributed by atoms with Gasteiger partial charge in [-0.05, 0) is 24.3 Å². The van der Waals surface area contributed by atoms with Crippen molar-refractivity contribution in [2.45, 2.75) is 0 Å². The molecule has 0 saturated carbocycles. The van der Waals surface area contributed by atoms with Gasteiger partial charge in [0.05, 0.1) is 12.6 Å². The summed E-state index contributed by atoms with van der Waals surface area (Å²) in [5, 5.41) is 0. The Morgan fingerprint density at radius 2 is 2.05 bits per heavy atom. The average molecular weight is 271 g/mol. The summed E-state index contributed by atoms with van der Waals surface area (Å²) in [6, 6.07) is 10.3. The molecule has 102 valence electrons. The summed E-state index contributed by atoms with van der Waals surface area (Å²) in [5.74, 6) is 0.970. The molecule has 0 spiro atoms. The van der Waals surface area contributed by atoms with Gasteiger partial charge in [-0.25, -0.2) is 9.37 Å². The monoisotopic (exact) mass is 271 g/mol. The van der Waals surface area contributed by atoms with E-state index in [1.165, 1.54) is 6.07 Å². The molecule has 0 aliphatic rings. The first-order valence-corrected chi connectivity index (χ1v) is 6.16. The standard InChI is InChI=1S/C15H14FN3O/c1-19-13-5-3-4-11(16)14(13)18-15(19)10-7-6-9(20-2)8-12(10)17/h3-8H,17H2,1-2H3. The van der Waals surface area contributed by atoms with Gasteiger partial charge in [0, 0.05) is 24.4 Å². The normalized spacial score (nSPS) is 10.9. The minimum absolute atomic E-state index is 0.337. The number of nitrogen functional groups attached to an aromatic ring is 1. The van der Waals surface area contributed by atoms with Crippen molar-refractivity contribution in [3.05, 3.63) is 42.2 Å². The third kappa shape index (κ3) is 1.79. The van der Waals surface area contributed by atoms with Crippen LogP contribution >= 0.6 is 0 Å². The molecule has 0 aliphatic heterocycles. The zero-order chi connectivity index (χ0) is 14.3. The zero-order valence-corrected chi connectivity index (χ0v) is 11.2. The summed E-state index contributed by atoms with van der Waals surface area (Å²) < 4.78 is 20.7. The highest BCUT2D eigenvalue weighted by Crippen LogP contribution is 2.31. The molecule has 0 unspecified atom stereocenters. The molecule has 3 aromatic rings. The minimum Gasteiger partial charge on any atom is -0.497 e. The molecule has 1 aromatic heterocycles. The molecular formula is C15H14FN3O. The van der Waals surface area contributed by atoms with Crippen molar-refractivity contribution in [2.24, 2.45) is 7.05 Å². The van der Waals surface area contributed by atoms with E-state index in [1.54, 1.807) is 25.3 Å². The number of nitrogens with zero attached hydrogens (tertiary/aromatic N) is 2. The lowest BCUT2D eigenvalue weighted by atomic mass is 10.1. The first-order valence-electron chi connectivity index (χ1n) is 6.16. The van der Waals surface area contributed by atoms with Crippen LogP contribution < -0.4 is 10.5 Å². The van der Waals surface area contributed by atoms with E-state index in [0.29, 0.717) is 22.8 Å². The van der Waals surface area contributed by atoms with Crippen LogP contribution in [0.4, 0.5) is 10.1 Å². The maximum atomic E-state index is 13.8. The quantitative estimate of drug-likeness (QED) is 0.729. The Morgan fingerprint density at radius 1 is 1.25 bits per heavy atom. The lowest BCUT2D eigenvalue weighted by Crippen LogP contribution is -1.97. The highest BCUT2D eigenvalue weighted by Gasteiger charge is 2.14. The van der Waals surface area contributed by atoms with Crippen molar-refractivity contribution in [1.82, 2.24) is 9.55 Å². The van der Waals surface area contributed by atoms with E-state index in [-0.39, 0.29) is 5.82 Å². The Kier molecular flexibility index (Phi) is 2.82. The number of methoxy groups -OCH3 is 1. The molecule has 4 nitrogen and oxygen atoms in total. The third-order valence-corrected chi connectivity index (χ3v) is 3.36. The highest BCUT2D eigenvalue weighted by atomic mass is 19.1. The van der Waals surface area contributed by atoms with Gasteiger partial charge in [0.25, 0.3) is 0 Å². The fourth-order valence-electron chi connectivity index (χ4n) is 2.29. The smallest absolute Gasteiger partial charge is 0.151 e. The molecule has 0 amide bonds. The number of aryl methyl sites for hydroxylation is 1. The fraction of sp³-hybridized carbons (Fsp3) is 0.133. The second kappa shape index (κ2) is 4.52. The van der Waals surface area contributed by atoms with Crippen LogP contribution in [-0.2, 0) is 7.05 Å². The fourth-order valence-corrected chi connectivity index (χ4v) is 2.29. The number of para-hydroxylation sites is 1. The number of nitrogens with two attached hydrogens (primary N) is 1. The number of benzene rings is 2. The summed E-state index contributed by atoms with van der Waals surface area (Å²) in [7, 11) is 3.42. The van der Waals surface area contributed by atoms with E-state index in [0.717, 1.165) is 11.1 Å². The molecule has 2 aromatic carbocycles. The predicted octanol–water partition coefficient (Wildman–Crippen LogP) is 2.97. The second-order valence-electron chi connectivity index (χ2n) is 4.56. The first kappa shape index (κ1) is 12.5. The van der Waals surface area contributed by atoms with Gasteiger partial charge in [0.1, 0.15) is 17.1 Å². The van der Waals surface area contributed by atoms with E-state index in [1.807, 2.05) is 23.7 Å². The van der Waals surface area contributed by atoms with Gasteiger partial charge in [-0.3, -0.25) is 0 Å². The topological polar surface area (TPSA) is 53.1 Å². The molecule has 0 fully saturated rings. The van der Waals surface area contributed by atoms with Gasteiger partial charge in [0.15, 0.2) is 5.82 Å². The molecule has 0 aliphatic carbocycles. The van der Waals surface area contributed by atoms with Gasteiger partial charge < -0.3 is 15.0 Å². The summed E-state index contributed by atoms with van der Waals surface area (Å²) in [4.78, 5) is 4.37. The largest absolute Gasteiger partial charge is 0.497 e. The zero-order valence-electron chi connectivity index (χ0n) is 11.2. The number of ether oxygens (including phenoxy) is 1. The molecular weight excluding hydrogens is 257 g/mol. The lowest BCUT2D eigenvalue weighted by molar-refractivity contribution is 0.415. The number of imidazole rings is 1. The van der Waals surface area contributed by atoms with Crippen molar-refractivity contribution in [3.63, 3.8) is 0 Å². The van der Waals surface area contributed by atoms with Crippen LogP contribution in [0.25, 0.3) is 22.4 Å². The predicted molar refractivity (Wildman–Crippen MR) is 77.1 cm³/mol. The number of halogens is 1. The van der Waals surface area contributed by atoms with Crippen LogP contribution in [0.1, 0.15) is 0 Å². The Labute approximate surface area is 115 Å². The van der Waals surface area contributed by atoms with E-state index in [2.05, 4.69) is 4.98 Å². The summed E-state index contributed by atoms with van der Waals surface area (Å²) in [6.07, 6.45) is 0. The second-order valence-corrected chi connectivity index (χ2v) is 4.56. The van der Waals surface area contributed by atoms with Crippen LogP contribution in [0.2, 0.25) is 0 Å². The highest BCUT2D eigenvalue weighted by molar-refractivity contribution is 5.84. The Bertz CT molecular complexity index is 795. The van der Waals surface area contributed by atoms with Gasteiger partial charge >= 0.3 is 0 Å². The summed E-state index contributed by atoms with van der Waals surface area (Å²) in [6.45, 7) is 0. The number of anilines is 1. The number of hydrogen-bond donors (Lipinski definition) is 1. The van der Waals surface area contributed by atoms with Gasteiger partial charge in [-0.2, -0.15) is 0 Å². The molecule has 5 heteroatoms. The van der Waals surface area contributed by atoms with E-state index in [4.69, 9.17) is 10.5 Å². The van der Waals surface area contributed by atoms with Crippen molar-refractivity contribution in [3.8, 4) is 17.1 Å². The molecule has 0 saturated heterocycles. The van der Waals surface area contributed by atoms with Crippen LogP contribution in [-0.4, -0.2) is 16.7 Å². The minimum atomic E-state index is -0.337. The molecule has 0 radical (unpaired) electrons. The van der Waals surface area contributed by atoms with Crippen LogP contribution in [0.15, 0.2) is 36.4 Å². The number of fused-ring (bicyclic) bond motifs is 1. The molecule has 20 heavy (non-hydrogen) atoms. The van der Waals surface area contributed by atoms with Crippen molar-refractivity contribution < 1.29 is 9.13 Å². The average Bonchev–Trinajstić information content (AvgIpc) is 2.78. The number of aromatic nitrogens is 2.